The number of nitrogens with one attached hydrogen (secondary N) is 1. The van der Waals surface area contributed by atoms with Crippen LogP contribution >= 0.6 is 0 Å². The number of carbonyl (C=O) groups is 1. The van der Waals surface area contributed by atoms with E-state index in [0.717, 1.165) is 18.2 Å². The van der Waals surface area contributed by atoms with Crippen LogP contribution < -0.4 is 5.32 Å². The minimum absolute atomic E-state index is 0.0894. The maximum Gasteiger partial charge on any atom is 0.254 e. The van der Waals surface area contributed by atoms with Gasteiger partial charge < -0.3 is 10.4 Å². The van der Waals surface area contributed by atoms with E-state index in [1.165, 1.54) is 0 Å². The number of hydrogen-bond acceptors (Lipinski definition) is 2. The molecule has 0 aliphatic carbocycles. The molecule has 1 atom stereocenters. The van der Waals surface area contributed by atoms with Gasteiger partial charge in [-0.1, -0.05) is 20.8 Å². The summed E-state index contributed by atoms with van der Waals surface area (Å²) in [4.78, 5) is 12.0. The lowest BCUT2D eigenvalue weighted by Crippen LogP contribution is -2.44. The third kappa shape index (κ3) is 4.28. The molecule has 0 radical (unpaired) electrons. The molecule has 5 heteroatoms. The molecule has 1 rings (SSSR count). The first-order chi connectivity index (χ1) is 8.75. The van der Waals surface area contributed by atoms with Crippen LogP contribution in [0.15, 0.2) is 18.2 Å². The van der Waals surface area contributed by atoms with Gasteiger partial charge in [-0.2, -0.15) is 0 Å². The molecule has 1 aromatic carbocycles. The van der Waals surface area contributed by atoms with Gasteiger partial charge in [-0.25, -0.2) is 8.78 Å². The number of amides is 1. The molecule has 2 N–H and O–H groups in total. The van der Waals surface area contributed by atoms with Gasteiger partial charge in [0.25, 0.3) is 5.91 Å². The fourth-order valence-electron chi connectivity index (χ4n) is 1.76. The molecule has 3 nitrogen and oxygen atoms in total. The molecule has 0 bridgehead atoms. The molecule has 0 heterocycles. The van der Waals surface area contributed by atoms with Crippen molar-refractivity contribution in [1.29, 1.82) is 0 Å². The first kappa shape index (κ1) is 15.6. The highest BCUT2D eigenvalue weighted by atomic mass is 19.1. The summed E-state index contributed by atoms with van der Waals surface area (Å²) < 4.78 is 26.5. The number of rotatable bonds is 4. The second-order valence-corrected chi connectivity index (χ2v) is 5.53. The summed E-state index contributed by atoms with van der Waals surface area (Å²) in [7, 11) is 0. The molecule has 19 heavy (non-hydrogen) atoms. The molecule has 106 valence electrons. The maximum absolute atomic E-state index is 13.5. The topological polar surface area (TPSA) is 49.3 Å². The van der Waals surface area contributed by atoms with Gasteiger partial charge >= 0.3 is 0 Å². The Balaban J connectivity index is 2.91. The quantitative estimate of drug-likeness (QED) is 0.884. The fourth-order valence-corrected chi connectivity index (χ4v) is 1.76. The molecule has 0 spiro atoms. The molecule has 0 fully saturated rings. The Hall–Kier alpha value is -1.49. The second kappa shape index (κ2) is 6.10. The zero-order chi connectivity index (χ0) is 14.6. The van der Waals surface area contributed by atoms with Crippen molar-refractivity contribution < 1.29 is 18.7 Å². The average Bonchev–Trinajstić information content (AvgIpc) is 2.30. The van der Waals surface area contributed by atoms with Crippen molar-refractivity contribution in [3.8, 4) is 0 Å². The number of benzene rings is 1. The number of hydrogen-bond donors (Lipinski definition) is 2. The summed E-state index contributed by atoms with van der Waals surface area (Å²) >= 11 is 0. The van der Waals surface area contributed by atoms with E-state index in [1.54, 1.807) is 0 Å². The Morgan fingerprint density at radius 1 is 1.37 bits per heavy atom. The van der Waals surface area contributed by atoms with Gasteiger partial charge in [-0.15, -0.1) is 0 Å². The summed E-state index contributed by atoms with van der Waals surface area (Å²) in [6.07, 6.45) is 0.353. The van der Waals surface area contributed by atoms with Crippen LogP contribution in [0.25, 0.3) is 0 Å². The number of carbonyl (C=O) groups excluding carboxylic acids is 1. The Kier molecular flexibility index (Phi) is 5.00. The van der Waals surface area contributed by atoms with Crippen LogP contribution in [-0.4, -0.2) is 23.7 Å². The molecule has 0 saturated carbocycles. The minimum atomic E-state index is -0.768. The van der Waals surface area contributed by atoms with Crippen molar-refractivity contribution in [2.45, 2.75) is 33.2 Å². The van der Waals surface area contributed by atoms with E-state index in [-0.39, 0.29) is 23.6 Å². The molecule has 0 saturated heterocycles. The molecular formula is C14H19F2NO2. The third-order valence-electron chi connectivity index (χ3n) is 2.94. The smallest absolute Gasteiger partial charge is 0.254 e. The summed E-state index contributed by atoms with van der Waals surface area (Å²) in [5.41, 5.74) is -0.616. The summed E-state index contributed by atoms with van der Waals surface area (Å²) in [6.45, 7) is 5.61. The predicted octanol–water partition coefficient (Wildman–Crippen LogP) is 2.49. The van der Waals surface area contributed by atoms with E-state index in [4.69, 9.17) is 5.11 Å². The highest BCUT2D eigenvalue weighted by Gasteiger charge is 2.27. The minimum Gasteiger partial charge on any atom is -0.396 e. The number of aliphatic hydroxyl groups is 1. The highest BCUT2D eigenvalue weighted by Crippen LogP contribution is 2.22. The molecule has 0 aliphatic heterocycles. The second-order valence-electron chi connectivity index (χ2n) is 5.53. The van der Waals surface area contributed by atoms with Gasteiger partial charge in [-0.3, -0.25) is 4.79 Å². The van der Waals surface area contributed by atoms with Gasteiger partial charge in [0.05, 0.1) is 5.56 Å². The van der Waals surface area contributed by atoms with Gasteiger partial charge in [0.15, 0.2) is 0 Å². The summed E-state index contributed by atoms with van der Waals surface area (Å²) in [5, 5.41) is 11.6. The Morgan fingerprint density at radius 3 is 2.53 bits per heavy atom. The van der Waals surface area contributed by atoms with Crippen LogP contribution in [0.3, 0.4) is 0 Å². The predicted molar refractivity (Wildman–Crippen MR) is 68.8 cm³/mol. The van der Waals surface area contributed by atoms with Gasteiger partial charge in [0.2, 0.25) is 0 Å². The van der Waals surface area contributed by atoms with Gasteiger partial charge in [-0.05, 0) is 30.0 Å². The van der Waals surface area contributed by atoms with Crippen LogP contribution in [0.5, 0.6) is 0 Å². The maximum atomic E-state index is 13.5. The van der Waals surface area contributed by atoms with E-state index >= 15 is 0 Å². The molecule has 1 amide bonds. The number of halogens is 2. The normalized spacial score (nSPS) is 13.2. The van der Waals surface area contributed by atoms with Crippen molar-refractivity contribution in [3.05, 3.63) is 35.4 Å². The van der Waals surface area contributed by atoms with Gasteiger partial charge in [0, 0.05) is 12.6 Å². The third-order valence-corrected chi connectivity index (χ3v) is 2.94. The molecule has 0 aliphatic rings. The van der Waals surface area contributed by atoms with Crippen LogP contribution in [-0.2, 0) is 0 Å². The van der Waals surface area contributed by atoms with Crippen LogP contribution in [0.4, 0.5) is 8.78 Å². The number of aliphatic hydroxyl groups excluding tert-OH is 1. The standard InChI is InChI=1S/C14H19F2NO2/c1-14(2,3)12(6-7-18)17-13(19)10-8-9(15)4-5-11(10)16/h4-5,8,12,18H,6-7H2,1-3H3,(H,17,19). The fraction of sp³-hybridized carbons (Fsp3) is 0.500. The monoisotopic (exact) mass is 271 g/mol. The Labute approximate surface area is 111 Å². The zero-order valence-electron chi connectivity index (χ0n) is 11.3. The van der Waals surface area contributed by atoms with Crippen molar-refractivity contribution in [1.82, 2.24) is 5.32 Å². The largest absolute Gasteiger partial charge is 0.396 e. The van der Waals surface area contributed by atoms with Crippen molar-refractivity contribution in [2.75, 3.05) is 6.61 Å². The summed E-state index contributed by atoms with van der Waals surface area (Å²) in [5.74, 6) is -2.11. The lowest BCUT2D eigenvalue weighted by atomic mass is 9.84. The van der Waals surface area contributed by atoms with Crippen molar-refractivity contribution in [3.63, 3.8) is 0 Å². The Morgan fingerprint density at radius 2 is 2.00 bits per heavy atom. The molecule has 1 aromatic rings. The van der Waals surface area contributed by atoms with E-state index in [1.807, 2.05) is 20.8 Å². The van der Waals surface area contributed by atoms with Crippen molar-refractivity contribution in [2.24, 2.45) is 5.41 Å². The zero-order valence-corrected chi connectivity index (χ0v) is 11.3. The molecule has 1 unspecified atom stereocenters. The van der Waals surface area contributed by atoms with Crippen LogP contribution in [0.2, 0.25) is 0 Å². The lowest BCUT2D eigenvalue weighted by Gasteiger charge is -2.31. The average molecular weight is 271 g/mol. The first-order valence-corrected chi connectivity index (χ1v) is 6.12. The van der Waals surface area contributed by atoms with Crippen LogP contribution in [0, 0.1) is 17.0 Å². The van der Waals surface area contributed by atoms with Gasteiger partial charge in [0.1, 0.15) is 11.6 Å². The summed E-state index contributed by atoms with van der Waals surface area (Å²) in [6, 6.07) is 2.42. The first-order valence-electron chi connectivity index (χ1n) is 6.12. The molecular weight excluding hydrogens is 252 g/mol. The highest BCUT2D eigenvalue weighted by molar-refractivity contribution is 5.94. The van der Waals surface area contributed by atoms with E-state index < -0.39 is 17.5 Å². The van der Waals surface area contributed by atoms with Crippen LogP contribution in [0.1, 0.15) is 37.6 Å². The van der Waals surface area contributed by atoms with Crippen molar-refractivity contribution >= 4 is 5.91 Å². The molecule has 0 aromatic heterocycles. The van der Waals surface area contributed by atoms with E-state index in [2.05, 4.69) is 5.32 Å². The Bertz CT molecular complexity index is 455. The lowest BCUT2D eigenvalue weighted by molar-refractivity contribution is 0.0880. The van der Waals surface area contributed by atoms with E-state index in [9.17, 15) is 13.6 Å². The van der Waals surface area contributed by atoms with E-state index in [0.29, 0.717) is 6.42 Å². The SMILES string of the molecule is CC(C)(C)C(CCO)NC(=O)c1cc(F)ccc1F.